The van der Waals surface area contributed by atoms with Gasteiger partial charge in [-0.2, -0.15) is 26.3 Å². The van der Waals surface area contributed by atoms with Crippen LogP contribution in [0.4, 0.5) is 26.3 Å². The van der Waals surface area contributed by atoms with E-state index in [0.29, 0.717) is 12.8 Å². The molecular weight excluding hydrogens is 476 g/mol. The lowest BCUT2D eigenvalue weighted by molar-refractivity contribution is -1.05. The van der Waals surface area contributed by atoms with E-state index < -0.39 is 58.6 Å². The Bertz CT molecular complexity index is 717. The quantitative estimate of drug-likeness (QED) is 0.200. The van der Waals surface area contributed by atoms with Gasteiger partial charge in [-0.15, -0.1) is 4.65 Å². The lowest BCUT2D eigenvalue weighted by Crippen LogP contribution is -2.60. The largest absolute Gasteiger partial charge is 0.490 e. The summed E-state index contributed by atoms with van der Waals surface area (Å²) in [4.78, 5) is 52.4. The van der Waals surface area contributed by atoms with Crippen molar-refractivity contribution in [2.75, 3.05) is 6.54 Å². The number of rotatable bonds is 6. The summed E-state index contributed by atoms with van der Waals surface area (Å²) in [5, 5.41) is 24.7. The summed E-state index contributed by atoms with van der Waals surface area (Å²) < 4.78 is 62.5. The molecular formula is C16H24F6N3O8+. The number of halogens is 6. The maximum atomic E-state index is 12.2. The normalized spacial score (nSPS) is 21.3. The molecule has 1 fully saturated rings. The Morgan fingerprint density at radius 3 is 1.61 bits per heavy atom. The summed E-state index contributed by atoms with van der Waals surface area (Å²) in [7, 11) is 0. The van der Waals surface area contributed by atoms with Crippen LogP contribution in [-0.2, 0) is 24.0 Å². The zero-order valence-corrected chi connectivity index (χ0v) is 17.3. The maximum absolute atomic E-state index is 12.2. The predicted molar refractivity (Wildman–Crippen MR) is 93.7 cm³/mol. The minimum atomic E-state index is -5.08. The first-order chi connectivity index (χ1) is 14.6. The molecule has 0 saturated carbocycles. The molecule has 0 aromatic heterocycles. The van der Waals surface area contributed by atoms with E-state index in [2.05, 4.69) is 0 Å². The van der Waals surface area contributed by atoms with Crippen molar-refractivity contribution in [2.24, 2.45) is 23.3 Å². The zero-order valence-electron chi connectivity index (χ0n) is 17.3. The van der Waals surface area contributed by atoms with Crippen molar-refractivity contribution in [1.82, 2.24) is 0 Å². The molecule has 3 atom stereocenters. The number of amides is 3. The van der Waals surface area contributed by atoms with Crippen molar-refractivity contribution in [2.45, 2.75) is 51.5 Å². The Labute approximate surface area is 182 Å². The monoisotopic (exact) mass is 500 g/mol. The van der Waals surface area contributed by atoms with Gasteiger partial charge in [-0.25, -0.2) is 19.6 Å². The molecule has 7 N–H and O–H groups in total. The highest BCUT2D eigenvalue weighted by atomic mass is 19.4. The van der Waals surface area contributed by atoms with E-state index in [9.17, 15) is 45.9 Å². The number of alkyl halides is 6. The highest BCUT2D eigenvalue weighted by Gasteiger charge is 2.55. The van der Waals surface area contributed by atoms with Crippen LogP contribution in [0.15, 0.2) is 0 Å². The molecule has 17 heteroatoms. The van der Waals surface area contributed by atoms with Crippen LogP contribution in [0.1, 0.15) is 33.1 Å². The van der Waals surface area contributed by atoms with E-state index in [1.54, 1.807) is 0 Å². The van der Waals surface area contributed by atoms with E-state index in [1.165, 1.54) is 0 Å². The summed E-state index contributed by atoms with van der Waals surface area (Å²) in [6.07, 6.45) is -9.62. The zero-order chi connectivity index (χ0) is 26.9. The number of nitrogens with zero attached hydrogens (tertiary/aromatic N) is 1. The molecule has 11 nitrogen and oxygen atoms in total. The summed E-state index contributed by atoms with van der Waals surface area (Å²) in [5.74, 6) is -7.86. The smallest absolute Gasteiger partial charge is 0.475 e. The molecule has 1 heterocycles. The van der Waals surface area contributed by atoms with Gasteiger partial charge in [-0.3, -0.25) is 9.59 Å². The van der Waals surface area contributed by atoms with Crippen LogP contribution < -0.4 is 11.5 Å². The molecule has 0 aliphatic carbocycles. The third kappa shape index (κ3) is 11.5. The molecule has 3 unspecified atom stereocenters. The van der Waals surface area contributed by atoms with Gasteiger partial charge in [0.05, 0.1) is 5.92 Å². The van der Waals surface area contributed by atoms with Crippen molar-refractivity contribution >= 4 is 29.7 Å². The molecule has 1 aliphatic rings. The summed E-state index contributed by atoms with van der Waals surface area (Å²) in [6, 6.07) is -0.967. The second-order valence-corrected chi connectivity index (χ2v) is 7.20. The van der Waals surface area contributed by atoms with Gasteiger partial charge in [-0.05, 0) is 5.92 Å². The van der Waals surface area contributed by atoms with E-state index in [0.717, 1.165) is 0 Å². The number of hydroxylamine groups is 3. The Hall–Kier alpha value is -2.95. The Morgan fingerprint density at radius 1 is 1.00 bits per heavy atom. The first kappa shape index (κ1) is 32.2. The number of hydrogen-bond donors (Lipinski definition) is 5. The van der Waals surface area contributed by atoms with Crippen LogP contribution in [0.5, 0.6) is 0 Å². The molecule has 192 valence electrons. The highest BCUT2D eigenvalue weighted by Crippen LogP contribution is 2.31. The topological polar surface area (TPSA) is 198 Å². The predicted octanol–water partition coefficient (Wildman–Crippen LogP) is 0.781. The van der Waals surface area contributed by atoms with Crippen LogP contribution >= 0.6 is 0 Å². The molecule has 0 aromatic carbocycles. The number of carbonyl (C=O) groups is 5. The van der Waals surface area contributed by atoms with Crippen molar-refractivity contribution in [3.63, 3.8) is 0 Å². The SMILES string of the molecule is CC(C)CC(C(N)=O)[N+]1(O)CCC(CC(N)=O)C1=O.O=C(O)C(F)(F)F.O=C(O)C(F)(F)F. The molecule has 33 heavy (non-hydrogen) atoms. The minimum absolute atomic E-state index is 0.0944. The van der Waals surface area contributed by atoms with Crippen molar-refractivity contribution < 1.29 is 70.4 Å². The number of hydrogen-bond acceptors (Lipinski definition) is 6. The van der Waals surface area contributed by atoms with Gasteiger partial charge < -0.3 is 21.7 Å². The third-order valence-corrected chi connectivity index (χ3v) is 4.02. The van der Waals surface area contributed by atoms with Crippen LogP contribution in [0.3, 0.4) is 0 Å². The molecule has 0 radical (unpaired) electrons. The number of likely N-dealkylation sites (tertiary alicyclic amines) is 1. The highest BCUT2D eigenvalue weighted by molar-refractivity contribution is 5.85. The van der Waals surface area contributed by atoms with Gasteiger partial charge in [0.2, 0.25) is 11.9 Å². The molecule has 1 rings (SSSR count). The number of carbonyl (C=O) groups excluding carboxylic acids is 3. The average Bonchev–Trinajstić information content (AvgIpc) is 2.87. The van der Waals surface area contributed by atoms with Gasteiger partial charge >= 0.3 is 30.2 Å². The van der Waals surface area contributed by atoms with E-state index in [-0.39, 0.29) is 18.9 Å². The van der Waals surface area contributed by atoms with Crippen molar-refractivity contribution in [1.29, 1.82) is 0 Å². The van der Waals surface area contributed by atoms with Gasteiger partial charge in [0.25, 0.3) is 5.91 Å². The van der Waals surface area contributed by atoms with E-state index >= 15 is 0 Å². The fraction of sp³-hybridized carbons (Fsp3) is 0.688. The van der Waals surface area contributed by atoms with Gasteiger partial charge in [-0.1, -0.05) is 13.8 Å². The molecule has 0 spiro atoms. The van der Waals surface area contributed by atoms with Gasteiger partial charge in [0, 0.05) is 19.3 Å². The standard InChI is InChI=1S/C12H21N3O4.2C2HF3O2/c1-7(2)5-9(11(14)17)15(19)4-3-8(12(15)18)6-10(13)16;2*3-2(4,5)1(6)7/h7-9,19H,3-6H2,1-2H3,(H3-,13,14,16,17);2*(H,6,7)/p+1. The number of carboxylic acid groups (broad SMARTS) is 2. The lowest BCUT2D eigenvalue weighted by Gasteiger charge is -2.30. The minimum Gasteiger partial charge on any atom is -0.475 e. The number of carboxylic acids is 2. The molecule has 1 aliphatic heterocycles. The number of aliphatic carboxylic acids is 2. The molecule has 0 bridgehead atoms. The second kappa shape index (κ2) is 12.3. The fourth-order valence-electron chi connectivity index (χ4n) is 2.59. The van der Waals surface area contributed by atoms with Crippen molar-refractivity contribution in [3.05, 3.63) is 0 Å². The first-order valence-electron chi connectivity index (χ1n) is 8.90. The van der Waals surface area contributed by atoms with Gasteiger partial charge in [0.1, 0.15) is 6.54 Å². The van der Waals surface area contributed by atoms with Crippen LogP contribution in [0.25, 0.3) is 0 Å². The fourth-order valence-corrected chi connectivity index (χ4v) is 2.59. The average molecular weight is 500 g/mol. The summed E-state index contributed by atoms with van der Waals surface area (Å²) >= 11 is 0. The number of quaternary nitrogens is 1. The van der Waals surface area contributed by atoms with E-state index in [1.807, 2.05) is 13.8 Å². The molecule has 3 amide bonds. The molecule has 1 saturated heterocycles. The number of nitrogens with two attached hydrogens (primary N) is 2. The Kier molecular flexibility index (Phi) is 12.0. The van der Waals surface area contributed by atoms with Crippen LogP contribution in [0, 0.1) is 11.8 Å². The second-order valence-electron chi connectivity index (χ2n) is 7.20. The van der Waals surface area contributed by atoms with E-state index in [4.69, 9.17) is 31.3 Å². The molecule has 0 aromatic rings. The van der Waals surface area contributed by atoms with Crippen LogP contribution in [0.2, 0.25) is 0 Å². The first-order valence-corrected chi connectivity index (χ1v) is 8.90. The summed E-state index contributed by atoms with van der Waals surface area (Å²) in [6.45, 7) is 3.85. The Balaban J connectivity index is 0. The number of primary amides is 2. The lowest BCUT2D eigenvalue weighted by atomic mass is 10.0. The van der Waals surface area contributed by atoms with Crippen LogP contribution in [-0.4, -0.2) is 74.7 Å². The van der Waals surface area contributed by atoms with Gasteiger partial charge in [0.15, 0.2) is 0 Å². The maximum Gasteiger partial charge on any atom is 0.490 e. The third-order valence-electron chi connectivity index (χ3n) is 4.02. The Morgan fingerprint density at radius 2 is 1.36 bits per heavy atom. The summed E-state index contributed by atoms with van der Waals surface area (Å²) in [5.41, 5.74) is 10.4. The van der Waals surface area contributed by atoms with Crippen molar-refractivity contribution in [3.8, 4) is 0 Å².